The number of hydrogen-bond donors (Lipinski definition) is 1. The number of nitro groups is 1. The first-order chi connectivity index (χ1) is 16.4. The van der Waals surface area contributed by atoms with Crippen LogP contribution in [0.3, 0.4) is 0 Å². The molecule has 0 radical (unpaired) electrons. The molecule has 190 valence electrons. The number of nitrogens with zero attached hydrogens (tertiary/aromatic N) is 5. The summed E-state index contributed by atoms with van der Waals surface area (Å²) in [5.41, 5.74) is 3.17. The molecule has 1 N–H and O–H groups in total. The number of carbonyl (C=O) groups is 1. The van der Waals surface area contributed by atoms with E-state index in [2.05, 4.69) is 51.3 Å². The summed E-state index contributed by atoms with van der Waals surface area (Å²) >= 11 is 0. The average Bonchev–Trinajstić information content (AvgIpc) is 2.84. The van der Waals surface area contributed by atoms with E-state index in [1.807, 2.05) is 4.90 Å². The summed E-state index contributed by atoms with van der Waals surface area (Å²) in [6.07, 6.45) is 3.56. The Labute approximate surface area is 208 Å². The molecule has 1 amide bonds. The van der Waals surface area contributed by atoms with E-state index in [0.29, 0.717) is 17.8 Å². The number of rotatable bonds is 7. The number of likely N-dealkylation sites (tertiary alicyclic amines) is 1. The topological polar surface area (TPSA) is 94.8 Å². The van der Waals surface area contributed by atoms with Gasteiger partial charge in [-0.25, -0.2) is 4.98 Å². The summed E-state index contributed by atoms with van der Waals surface area (Å²) in [4.78, 5) is 34.3. The monoisotopic (exact) mass is 482 g/mol. The number of aryl methyl sites for hydroxylation is 2. The van der Waals surface area contributed by atoms with Crippen molar-refractivity contribution in [2.75, 3.05) is 56.0 Å². The van der Waals surface area contributed by atoms with Gasteiger partial charge in [0.2, 0.25) is 5.91 Å². The van der Waals surface area contributed by atoms with Gasteiger partial charge >= 0.3 is 0 Å². The minimum atomic E-state index is -0.417. The van der Waals surface area contributed by atoms with Crippen molar-refractivity contribution >= 4 is 23.1 Å². The molecule has 4 rings (SSSR count). The highest BCUT2D eigenvalue weighted by Gasteiger charge is 2.24. The minimum Gasteiger partial charge on any atom is -0.369 e. The average molecular weight is 483 g/mol. The van der Waals surface area contributed by atoms with Gasteiger partial charge in [-0.3, -0.25) is 19.8 Å². The second-order valence-electron chi connectivity index (χ2n) is 9.33. The van der Waals surface area contributed by atoms with Gasteiger partial charge in [0.05, 0.1) is 4.92 Å². The van der Waals surface area contributed by atoms with Crippen molar-refractivity contribution in [2.24, 2.45) is 0 Å². The zero-order valence-corrected chi connectivity index (χ0v) is 20.1. The smallest absolute Gasteiger partial charge is 0.290 e. The van der Waals surface area contributed by atoms with Crippen molar-refractivity contribution in [1.82, 2.24) is 14.8 Å². The number of carbonyl (C=O) groups excluding carboxylic acids is 1. The van der Waals surface area contributed by atoms with E-state index >= 15 is 0 Å². The first kappa shape index (κ1) is 26.4. The second-order valence-corrected chi connectivity index (χ2v) is 9.33. The molecular formula is C26H38N6O3. The molecule has 0 unspecified atom stereocenters. The number of piperidine rings is 1. The number of pyridine rings is 1. The Balaban J connectivity index is 0.00000342. The molecule has 0 spiro atoms. The molecule has 35 heavy (non-hydrogen) atoms. The molecule has 9 nitrogen and oxygen atoms in total. The Hall–Kier alpha value is -3.20. The van der Waals surface area contributed by atoms with Gasteiger partial charge in [-0.05, 0) is 44.9 Å². The highest BCUT2D eigenvalue weighted by atomic mass is 16.6. The van der Waals surface area contributed by atoms with Crippen LogP contribution in [0.5, 0.6) is 0 Å². The van der Waals surface area contributed by atoms with Crippen molar-refractivity contribution in [1.29, 1.82) is 0 Å². The lowest BCUT2D eigenvalue weighted by atomic mass is 10.0. The molecule has 2 aromatic rings. The maximum absolute atomic E-state index is 12.8. The molecule has 2 saturated heterocycles. The van der Waals surface area contributed by atoms with Gasteiger partial charge in [0.15, 0.2) is 0 Å². The molecule has 1 aromatic heterocycles. The first-order valence-corrected chi connectivity index (χ1v) is 12.1. The number of aromatic nitrogens is 1. The van der Waals surface area contributed by atoms with E-state index in [4.69, 9.17) is 0 Å². The summed E-state index contributed by atoms with van der Waals surface area (Å²) in [6.45, 7) is 10.0. The number of hydrogen-bond acceptors (Lipinski definition) is 7. The normalized spacial score (nSPS) is 17.1. The van der Waals surface area contributed by atoms with Crippen molar-refractivity contribution in [2.45, 2.75) is 46.6 Å². The van der Waals surface area contributed by atoms with Gasteiger partial charge in [0, 0.05) is 69.5 Å². The largest absolute Gasteiger partial charge is 0.369 e. The molecule has 1 aromatic carbocycles. The number of anilines is 2. The standard InChI is InChI=1S/C25H34N6O3.CH4/c1-19-3-5-22(6-4-19)29-15-13-28(14-16-29)10-9-25(32)30-11-7-21(8-12-30)27-24-17-20(2)23(18-26-24)31(33)34;/h3-6,17-18,21H,7-16H2,1-2H3,(H,26,27);1H4. The molecular weight excluding hydrogens is 444 g/mol. The molecule has 0 aliphatic carbocycles. The van der Waals surface area contributed by atoms with E-state index in [-0.39, 0.29) is 25.1 Å². The van der Waals surface area contributed by atoms with Gasteiger partial charge in [0.25, 0.3) is 5.69 Å². The van der Waals surface area contributed by atoms with Crippen molar-refractivity contribution < 1.29 is 9.72 Å². The first-order valence-electron chi connectivity index (χ1n) is 12.1. The molecule has 0 atom stereocenters. The Morgan fingerprint density at radius 3 is 2.34 bits per heavy atom. The second kappa shape index (κ2) is 12.0. The Bertz CT molecular complexity index is 997. The fraction of sp³-hybridized carbons (Fsp3) is 0.538. The third-order valence-electron chi connectivity index (χ3n) is 6.89. The van der Waals surface area contributed by atoms with Crippen LogP contribution in [0.2, 0.25) is 0 Å². The van der Waals surface area contributed by atoms with Crippen LogP contribution in [0.1, 0.15) is 37.8 Å². The van der Waals surface area contributed by atoms with Crippen molar-refractivity contribution in [3.8, 4) is 0 Å². The predicted molar refractivity (Wildman–Crippen MR) is 140 cm³/mol. The summed E-state index contributed by atoms with van der Waals surface area (Å²) in [7, 11) is 0. The van der Waals surface area contributed by atoms with Gasteiger partial charge in [-0.2, -0.15) is 0 Å². The van der Waals surface area contributed by atoms with E-state index in [0.717, 1.165) is 58.7 Å². The van der Waals surface area contributed by atoms with Crippen molar-refractivity contribution in [3.05, 3.63) is 57.8 Å². The molecule has 2 aliphatic rings. The fourth-order valence-electron chi connectivity index (χ4n) is 4.70. The van der Waals surface area contributed by atoms with E-state index in [1.165, 1.54) is 17.4 Å². The van der Waals surface area contributed by atoms with Crippen LogP contribution in [0, 0.1) is 24.0 Å². The third-order valence-corrected chi connectivity index (χ3v) is 6.89. The lowest BCUT2D eigenvalue weighted by Crippen LogP contribution is -2.48. The number of piperazine rings is 1. The lowest BCUT2D eigenvalue weighted by molar-refractivity contribution is -0.385. The molecule has 3 heterocycles. The highest BCUT2D eigenvalue weighted by molar-refractivity contribution is 5.76. The summed E-state index contributed by atoms with van der Waals surface area (Å²) in [5, 5.41) is 14.3. The quantitative estimate of drug-likeness (QED) is 0.473. The fourth-order valence-corrected chi connectivity index (χ4v) is 4.70. The van der Waals surface area contributed by atoms with E-state index in [1.54, 1.807) is 13.0 Å². The SMILES string of the molecule is C.Cc1ccc(N2CCN(CCC(=O)N3CCC(Nc4cc(C)c([N+](=O)[O-])cn4)CC3)CC2)cc1. The van der Waals surface area contributed by atoms with Crippen LogP contribution < -0.4 is 10.2 Å². The third kappa shape index (κ3) is 6.91. The predicted octanol–water partition coefficient (Wildman–Crippen LogP) is 3.86. The van der Waals surface area contributed by atoms with Crippen LogP contribution in [-0.2, 0) is 4.79 Å². The van der Waals surface area contributed by atoms with Crippen LogP contribution in [0.4, 0.5) is 17.2 Å². The Morgan fingerprint density at radius 1 is 1.09 bits per heavy atom. The number of nitrogens with one attached hydrogen (secondary N) is 1. The maximum atomic E-state index is 12.8. The minimum absolute atomic E-state index is 0. The van der Waals surface area contributed by atoms with Crippen molar-refractivity contribution in [3.63, 3.8) is 0 Å². The van der Waals surface area contributed by atoms with E-state index in [9.17, 15) is 14.9 Å². The van der Waals surface area contributed by atoms with Gasteiger partial charge in [-0.15, -0.1) is 0 Å². The Kier molecular flexibility index (Phi) is 9.03. The summed E-state index contributed by atoms with van der Waals surface area (Å²) < 4.78 is 0. The van der Waals surface area contributed by atoms with Gasteiger partial charge < -0.3 is 15.1 Å². The highest BCUT2D eigenvalue weighted by Crippen LogP contribution is 2.22. The summed E-state index contributed by atoms with van der Waals surface area (Å²) in [6, 6.07) is 10.6. The van der Waals surface area contributed by atoms with Crippen LogP contribution in [-0.4, -0.2) is 77.5 Å². The van der Waals surface area contributed by atoms with Crippen LogP contribution in [0.15, 0.2) is 36.5 Å². The lowest BCUT2D eigenvalue weighted by Gasteiger charge is -2.37. The molecule has 0 bridgehead atoms. The number of amides is 1. The number of benzene rings is 1. The Morgan fingerprint density at radius 2 is 1.74 bits per heavy atom. The van der Waals surface area contributed by atoms with Gasteiger partial charge in [0.1, 0.15) is 12.0 Å². The zero-order chi connectivity index (χ0) is 24.1. The molecule has 0 saturated carbocycles. The zero-order valence-electron chi connectivity index (χ0n) is 20.1. The van der Waals surface area contributed by atoms with Crippen LogP contribution in [0.25, 0.3) is 0 Å². The molecule has 2 aliphatic heterocycles. The van der Waals surface area contributed by atoms with Crippen LogP contribution >= 0.6 is 0 Å². The summed E-state index contributed by atoms with van der Waals surface area (Å²) in [5.74, 6) is 0.876. The molecule has 9 heteroatoms. The molecule has 2 fully saturated rings. The van der Waals surface area contributed by atoms with E-state index < -0.39 is 4.92 Å². The maximum Gasteiger partial charge on any atom is 0.290 e. The van der Waals surface area contributed by atoms with Gasteiger partial charge in [-0.1, -0.05) is 25.1 Å².